The van der Waals surface area contributed by atoms with E-state index in [0.717, 1.165) is 11.1 Å². The van der Waals surface area contributed by atoms with Crippen LogP contribution in [-0.2, 0) is 9.53 Å². The average molecular weight is 276 g/mol. The summed E-state index contributed by atoms with van der Waals surface area (Å²) in [4.78, 5) is 24.5. The Balaban J connectivity index is 2.99. The van der Waals surface area contributed by atoms with E-state index in [1.165, 1.54) is 11.0 Å². The van der Waals surface area contributed by atoms with Crippen LogP contribution in [0.4, 0.5) is 10.5 Å². The number of hydrogen-bond acceptors (Lipinski definition) is 3. The second-order valence-corrected chi connectivity index (χ2v) is 4.45. The van der Waals surface area contributed by atoms with Crippen LogP contribution in [0, 0.1) is 6.92 Å². The van der Waals surface area contributed by atoms with Gasteiger partial charge in [-0.15, -0.1) is 0 Å². The normalized spacial score (nSPS) is 10.4. The molecule has 20 heavy (non-hydrogen) atoms. The Bertz CT molecular complexity index is 522. The van der Waals surface area contributed by atoms with Crippen molar-refractivity contribution < 1.29 is 14.3 Å². The number of esters is 1. The Labute approximate surface area is 119 Å². The molecule has 0 spiro atoms. The lowest BCUT2D eigenvalue weighted by Gasteiger charge is -2.15. The summed E-state index contributed by atoms with van der Waals surface area (Å²) in [7, 11) is 3.33. The summed E-state index contributed by atoms with van der Waals surface area (Å²) in [5.41, 5.74) is 2.40. The molecule has 108 valence electrons. The van der Waals surface area contributed by atoms with Gasteiger partial charge in [0.05, 0.1) is 6.61 Å². The molecule has 0 bridgehead atoms. The number of carbonyl (C=O) groups excluding carboxylic acids is 2. The number of amides is 2. The largest absolute Gasteiger partial charge is 0.463 e. The Morgan fingerprint density at radius 3 is 2.65 bits per heavy atom. The quantitative estimate of drug-likeness (QED) is 0.679. The first-order chi connectivity index (χ1) is 9.45. The molecule has 0 aliphatic rings. The van der Waals surface area contributed by atoms with E-state index < -0.39 is 5.97 Å². The summed E-state index contributed by atoms with van der Waals surface area (Å²) in [6.07, 6.45) is 3.01. The van der Waals surface area contributed by atoms with E-state index in [4.69, 9.17) is 4.74 Å². The highest BCUT2D eigenvalue weighted by atomic mass is 16.5. The molecule has 2 amide bonds. The van der Waals surface area contributed by atoms with E-state index >= 15 is 0 Å². The highest BCUT2D eigenvalue weighted by Gasteiger charge is 2.08. The Morgan fingerprint density at radius 1 is 1.35 bits per heavy atom. The molecule has 0 saturated carbocycles. The van der Waals surface area contributed by atoms with Gasteiger partial charge in [-0.2, -0.15) is 0 Å². The number of hydrogen-bond donors (Lipinski definition) is 1. The first kappa shape index (κ1) is 15.8. The minimum atomic E-state index is -0.402. The molecule has 0 saturated heterocycles. The van der Waals surface area contributed by atoms with Gasteiger partial charge in [-0.3, -0.25) is 0 Å². The van der Waals surface area contributed by atoms with Crippen LogP contribution < -0.4 is 5.32 Å². The lowest BCUT2D eigenvalue weighted by atomic mass is 10.1. The summed E-state index contributed by atoms with van der Waals surface area (Å²) in [5, 5.41) is 2.79. The second kappa shape index (κ2) is 7.33. The van der Waals surface area contributed by atoms with E-state index in [0.29, 0.717) is 12.3 Å². The number of nitrogens with one attached hydrogen (secondary N) is 1. The third kappa shape index (κ3) is 4.42. The van der Waals surface area contributed by atoms with Gasteiger partial charge in [-0.25, -0.2) is 9.59 Å². The van der Waals surface area contributed by atoms with Crippen LogP contribution in [-0.4, -0.2) is 37.6 Å². The first-order valence-corrected chi connectivity index (χ1v) is 6.38. The minimum absolute atomic E-state index is 0.221. The van der Waals surface area contributed by atoms with Crippen molar-refractivity contribution in [3.05, 3.63) is 35.4 Å². The smallest absolute Gasteiger partial charge is 0.330 e. The number of urea groups is 1. The maximum absolute atomic E-state index is 11.7. The van der Waals surface area contributed by atoms with Crippen molar-refractivity contribution in [2.75, 3.05) is 26.0 Å². The van der Waals surface area contributed by atoms with Gasteiger partial charge in [-0.05, 0) is 31.6 Å². The highest BCUT2D eigenvalue weighted by Crippen LogP contribution is 2.21. The van der Waals surface area contributed by atoms with Gasteiger partial charge in [0, 0.05) is 31.4 Å². The van der Waals surface area contributed by atoms with Crippen LogP contribution in [0.25, 0.3) is 6.08 Å². The van der Waals surface area contributed by atoms with E-state index in [1.807, 2.05) is 19.1 Å². The zero-order chi connectivity index (χ0) is 15.1. The number of rotatable bonds is 4. The first-order valence-electron chi connectivity index (χ1n) is 6.38. The molecule has 1 aromatic rings. The molecule has 1 aromatic carbocycles. The summed E-state index contributed by atoms with van der Waals surface area (Å²) in [6.45, 7) is 4.00. The molecular weight excluding hydrogens is 256 g/mol. The lowest BCUT2D eigenvalue weighted by Crippen LogP contribution is -2.27. The zero-order valence-corrected chi connectivity index (χ0v) is 12.3. The van der Waals surface area contributed by atoms with Gasteiger partial charge < -0.3 is 15.0 Å². The van der Waals surface area contributed by atoms with Crippen LogP contribution in [0.2, 0.25) is 0 Å². The average Bonchev–Trinajstić information content (AvgIpc) is 2.38. The van der Waals surface area contributed by atoms with Gasteiger partial charge in [-0.1, -0.05) is 12.1 Å². The number of aryl methyl sites for hydroxylation is 1. The molecule has 5 heteroatoms. The highest BCUT2D eigenvalue weighted by molar-refractivity contribution is 5.94. The predicted octanol–water partition coefficient (Wildman–Crippen LogP) is 2.66. The molecular formula is C15H20N2O3. The molecule has 0 atom stereocenters. The number of anilines is 1. The number of nitrogens with zero attached hydrogens (tertiary/aromatic N) is 1. The fourth-order valence-electron chi connectivity index (χ4n) is 1.58. The summed E-state index contributed by atoms with van der Waals surface area (Å²) >= 11 is 0. The molecule has 0 fully saturated rings. The van der Waals surface area contributed by atoms with Gasteiger partial charge >= 0.3 is 12.0 Å². The number of benzene rings is 1. The second-order valence-electron chi connectivity index (χ2n) is 4.45. The van der Waals surface area contributed by atoms with Crippen LogP contribution in [0.5, 0.6) is 0 Å². The molecule has 0 heterocycles. The van der Waals surface area contributed by atoms with Gasteiger partial charge in [0.25, 0.3) is 0 Å². The van der Waals surface area contributed by atoms with Gasteiger partial charge in [0.15, 0.2) is 0 Å². The summed E-state index contributed by atoms with van der Waals surface area (Å²) < 4.78 is 4.84. The molecule has 0 aliphatic carbocycles. The molecule has 0 aliphatic heterocycles. The Kier molecular flexibility index (Phi) is 5.77. The predicted molar refractivity (Wildman–Crippen MR) is 79.6 cm³/mol. The maximum Gasteiger partial charge on any atom is 0.330 e. The monoisotopic (exact) mass is 276 g/mol. The summed E-state index contributed by atoms with van der Waals surface area (Å²) in [6, 6.07) is 5.33. The van der Waals surface area contributed by atoms with Crippen molar-refractivity contribution in [3.8, 4) is 0 Å². The van der Waals surface area contributed by atoms with Gasteiger partial charge in [0.2, 0.25) is 0 Å². The van der Waals surface area contributed by atoms with Gasteiger partial charge in [0.1, 0.15) is 0 Å². The third-order valence-electron chi connectivity index (χ3n) is 2.64. The SMILES string of the molecule is CCOC(=O)C=Cc1c(C)cccc1NC(=O)N(C)C. The molecule has 5 nitrogen and oxygen atoms in total. The van der Waals surface area contributed by atoms with Crippen molar-refractivity contribution in [1.82, 2.24) is 4.90 Å². The minimum Gasteiger partial charge on any atom is -0.463 e. The van der Waals surface area contributed by atoms with Crippen molar-refractivity contribution in [1.29, 1.82) is 0 Å². The molecule has 0 aromatic heterocycles. The standard InChI is InChI=1S/C15H20N2O3/c1-5-20-14(18)10-9-12-11(2)7-6-8-13(12)16-15(19)17(3)4/h6-10H,5H2,1-4H3,(H,16,19). The number of ether oxygens (including phenoxy) is 1. The lowest BCUT2D eigenvalue weighted by molar-refractivity contribution is -0.137. The van der Waals surface area contributed by atoms with Crippen molar-refractivity contribution >= 4 is 23.8 Å². The van der Waals surface area contributed by atoms with Crippen molar-refractivity contribution in [2.45, 2.75) is 13.8 Å². The fourth-order valence-corrected chi connectivity index (χ4v) is 1.58. The topological polar surface area (TPSA) is 58.6 Å². The Morgan fingerprint density at radius 2 is 2.05 bits per heavy atom. The zero-order valence-electron chi connectivity index (χ0n) is 12.3. The van der Waals surface area contributed by atoms with Crippen molar-refractivity contribution in [3.63, 3.8) is 0 Å². The van der Waals surface area contributed by atoms with E-state index in [9.17, 15) is 9.59 Å². The molecule has 1 rings (SSSR count). The fraction of sp³-hybridized carbons (Fsp3) is 0.333. The van der Waals surface area contributed by atoms with Crippen LogP contribution in [0.15, 0.2) is 24.3 Å². The van der Waals surface area contributed by atoms with Crippen LogP contribution in [0.1, 0.15) is 18.1 Å². The third-order valence-corrected chi connectivity index (χ3v) is 2.64. The van der Waals surface area contributed by atoms with Crippen LogP contribution in [0.3, 0.4) is 0 Å². The van der Waals surface area contributed by atoms with E-state index in [-0.39, 0.29) is 6.03 Å². The van der Waals surface area contributed by atoms with Crippen LogP contribution >= 0.6 is 0 Å². The molecule has 1 N–H and O–H groups in total. The van der Waals surface area contributed by atoms with E-state index in [1.54, 1.807) is 33.2 Å². The Hall–Kier alpha value is -2.30. The van der Waals surface area contributed by atoms with Crippen molar-refractivity contribution in [2.24, 2.45) is 0 Å². The van der Waals surface area contributed by atoms with E-state index in [2.05, 4.69) is 5.32 Å². The number of carbonyl (C=O) groups is 2. The molecule has 0 unspecified atom stereocenters. The maximum atomic E-state index is 11.7. The molecule has 0 radical (unpaired) electrons. The summed E-state index contributed by atoms with van der Waals surface area (Å²) in [5.74, 6) is -0.402.